The van der Waals surface area contributed by atoms with Crippen molar-refractivity contribution in [3.63, 3.8) is 0 Å². The first kappa shape index (κ1) is 19.0. The number of nitrogens with zero attached hydrogens (tertiary/aromatic N) is 3. The largest absolute Gasteiger partial charge is 0.501 e. The summed E-state index contributed by atoms with van der Waals surface area (Å²) < 4.78 is 19.9. The van der Waals surface area contributed by atoms with Gasteiger partial charge in [-0.1, -0.05) is 12.1 Å². The van der Waals surface area contributed by atoms with E-state index in [2.05, 4.69) is 10.3 Å². The Morgan fingerprint density at radius 2 is 2.22 bits per heavy atom. The third kappa shape index (κ3) is 3.99. The number of carbonyl (C=O) groups excluding carboxylic acids is 1. The number of morpholine rings is 1. The number of ether oxygens (including phenoxy) is 1. The molecular weight excluding hydrogens is 355 g/mol. The van der Waals surface area contributed by atoms with Crippen LogP contribution in [0.25, 0.3) is 0 Å². The molecule has 1 unspecified atom stereocenters. The zero-order valence-electron chi connectivity index (χ0n) is 15.1. The Morgan fingerprint density at radius 3 is 2.93 bits per heavy atom. The lowest BCUT2D eigenvalue weighted by atomic mass is 10.2. The smallest absolute Gasteiger partial charge is 0.296 e. The van der Waals surface area contributed by atoms with E-state index in [1.165, 1.54) is 29.8 Å². The number of hydrogen-bond acceptors (Lipinski definition) is 6. The van der Waals surface area contributed by atoms with E-state index in [0.717, 1.165) is 0 Å². The molecule has 1 saturated heterocycles. The molecule has 0 saturated carbocycles. The SMILES string of the molecule is CN1CCOCC1c1nc(C(=O)NCc2cccc(F)c2)c(O)c(=O)n1C. The Labute approximate surface area is 155 Å². The molecule has 1 amide bonds. The predicted octanol–water partition coefficient (Wildman–Crippen LogP) is 0.558. The van der Waals surface area contributed by atoms with Gasteiger partial charge >= 0.3 is 0 Å². The van der Waals surface area contributed by atoms with E-state index >= 15 is 0 Å². The lowest BCUT2D eigenvalue weighted by molar-refractivity contribution is 0.000180. The third-order valence-electron chi connectivity index (χ3n) is 4.55. The van der Waals surface area contributed by atoms with Gasteiger partial charge < -0.3 is 15.2 Å². The molecule has 1 aliphatic heterocycles. The van der Waals surface area contributed by atoms with Crippen molar-refractivity contribution in [2.75, 3.05) is 26.8 Å². The molecule has 2 heterocycles. The zero-order chi connectivity index (χ0) is 19.6. The van der Waals surface area contributed by atoms with E-state index in [1.54, 1.807) is 6.07 Å². The van der Waals surface area contributed by atoms with Gasteiger partial charge in [-0.05, 0) is 24.7 Å². The maximum absolute atomic E-state index is 13.2. The second-order valence-corrected chi connectivity index (χ2v) is 6.42. The molecule has 144 valence electrons. The normalized spacial score (nSPS) is 17.7. The summed E-state index contributed by atoms with van der Waals surface area (Å²) in [5, 5.41) is 12.7. The molecule has 3 rings (SSSR count). The van der Waals surface area contributed by atoms with Crippen LogP contribution >= 0.6 is 0 Å². The lowest BCUT2D eigenvalue weighted by Gasteiger charge is -2.32. The van der Waals surface area contributed by atoms with Gasteiger partial charge in [0, 0.05) is 20.1 Å². The number of aromatic hydroxyl groups is 1. The van der Waals surface area contributed by atoms with Crippen molar-refractivity contribution in [2.24, 2.45) is 7.05 Å². The topological polar surface area (TPSA) is 96.7 Å². The molecule has 0 spiro atoms. The van der Waals surface area contributed by atoms with Gasteiger partial charge in [0.05, 0.1) is 19.3 Å². The quantitative estimate of drug-likeness (QED) is 0.809. The van der Waals surface area contributed by atoms with Crippen molar-refractivity contribution in [3.8, 4) is 5.75 Å². The second kappa shape index (κ2) is 7.85. The van der Waals surface area contributed by atoms with Crippen LogP contribution in [-0.2, 0) is 18.3 Å². The molecule has 0 aliphatic carbocycles. The van der Waals surface area contributed by atoms with Crippen LogP contribution < -0.4 is 10.9 Å². The second-order valence-electron chi connectivity index (χ2n) is 6.42. The summed E-state index contributed by atoms with van der Waals surface area (Å²) in [4.78, 5) is 31.1. The van der Waals surface area contributed by atoms with Crippen LogP contribution in [0.2, 0.25) is 0 Å². The zero-order valence-corrected chi connectivity index (χ0v) is 15.1. The minimum Gasteiger partial charge on any atom is -0.501 e. The third-order valence-corrected chi connectivity index (χ3v) is 4.55. The van der Waals surface area contributed by atoms with Gasteiger partial charge in [-0.2, -0.15) is 0 Å². The van der Waals surface area contributed by atoms with Crippen LogP contribution in [0.4, 0.5) is 4.39 Å². The van der Waals surface area contributed by atoms with Gasteiger partial charge in [0.25, 0.3) is 11.5 Å². The first-order valence-corrected chi connectivity index (χ1v) is 8.49. The number of rotatable bonds is 4. The molecule has 0 radical (unpaired) electrons. The van der Waals surface area contributed by atoms with Crippen molar-refractivity contribution in [3.05, 3.63) is 57.5 Å². The fourth-order valence-electron chi connectivity index (χ4n) is 2.93. The number of nitrogens with one attached hydrogen (secondary N) is 1. The molecule has 1 atom stereocenters. The van der Waals surface area contributed by atoms with Gasteiger partial charge in [0.2, 0.25) is 5.75 Å². The Morgan fingerprint density at radius 1 is 1.44 bits per heavy atom. The molecule has 0 bridgehead atoms. The molecule has 1 aromatic heterocycles. The van der Waals surface area contributed by atoms with Crippen LogP contribution in [0.5, 0.6) is 5.75 Å². The number of benzene rings is 1. The van der Waals surface area contributed by atoms with Gasteiger partial charge in [-0.3, -0.25) is 19.1 Å². The average molecular weight is 376 g/mol. The highest BCUT2D eigenvalue weighted by Crippen LogP contribution is 2.22. The highest BCUT2D eigenvalue weighted by Gasteiger charge is 2.28. The summed E-state index contributed by atoms with van der Waals surface area (Å²) >= 11 is 0. The Bertz CT molecular complexity index is 915. The Balaban J connectivity index is 1.88. The van der Waals surface area contributed by atoms with Crippen LogP contribution in [-0.4, -0.2) is 52.3 Å². The van der Waals surface area contributed by atoms with Gasteiger partial charge in [0.15, 0.2) is 5.69 Å². The van der Waals surface area contributed by atoms with Crippen LogP contribution in [0, 0.1) is 5.82 Å². The number of hydrogen-bond donors (Lipinski definition) is 2. The molecule has 27 heavy (non-hydrogen) atoms. The highest BCUT2D eigenvalue weighted by atomic mass is 19.1. The van der Waals surface area contributed by atoms with Crippen LogP contribution in [0.3, 0.4) is 0 Å². The summed E-state index contributed by atoms with van der Waals surface area (Å²) in [5.41, 5.74) is -0.523. The minimum atomic E-state index is -0.725. The Hall–Kier alpha value is -2.78. The van der Waals surface area contributed by atoms with Crippen molar-refractivity contribution < 1.29 is 19.0 Å². The van der Waals surface area contributed by atoms with Crippen molar-refractivity contribution >= 4 is 5.91 Å². The van der Waals surface area contributed by atoms with E-state index in [-0.39, 0.29) is 18.3 Å². The number of likely N-dealkylation sites (N-methyl/N-ethyl adjacent to an activating group) is 1. The summed E-state index contributed by atoms with van der Waals surface area (Å²) in [6.45, 7) is 1.59. The van der Waals surface area contributed by atoms with E-state index in [9.17, 15) is 19.1 Å². The van der Waals surface area contributed by atoms with Crippen LogP contribution in [0.1, 0.15) is 27.9 Å². The molecular formula is C18H21FN4O4. The molecule has 1 fully saturated rings. The van der Waals surface area contributed by atoms with Gasteiger partial charge in [-0.25, -0.2) is 9.37 Å². The van der Waals surface area contributed by atoms with Crippen LogP contribution in [0.15, 0.2) is 29.1 Å². The molecule has 2 aromatic rings. The first-order valence-electron chi connectivity index (χ1n) is 8.49. The fourth-order valence-corrected chi connectivity index (χ4v) is 2.93. The van der Waals surface area contributed by atoms with Crippen molar-refractivity contribution in [1.29, 1.82) is 0 Å². The summed E-state index contributed by atoms with van der Waals surface area (Å²) in [6.07, 6.45) is 0. The molecule has 9 heteroatoms. The van der Waals surface area contributed by atoms with Crippen molar-refractivity contribution in [2.45, 2.75) is 12.6 Å². The standard InChI is InChI=1S/C18H21FN4O4/c1-22-6-7-27-10-13(22)16-21-14(15(24)18(26)23(16)2)17(25)20-9-11-4-3-5-12(19)8-11/h3-5,8,13,24H,6-7,9-10H2,1-2H3,(H,20,25). The van der Waals surface area contributed by atoms with E-state index in [4.69, 9.17) is 4.74 Å². The highest BCUT2D eigenvalue weighted by molar-refractivity contribution is 5.94. The fraction of sp³-hybridized carbons (Fsp3) is 0.389. The number of amides is 1. The van der Waals surface area contributed by atoms with E-state index in [0.29, 0.717) is 31.1 Å². The minimum absolute atomic E-state index is 0.0364. The van der Waals surface area contributed by atoms with Gasteiger partial charge in [-0.15, -0.1) is 0 Å². The molecule has 8 nitrogen and oxygen atoms in total. The van der Waals surface area contributed by atoms with E-state index in [1.807, 2.05) is 11.9 Å². The first-order chi connectivity index (χ1) is 12.9. The monoisotopic (exact) mass is 376 g/mol. The number of halogens is 1. The average Bonchev–Trinajstić information content (AvgIpc) is 2.65. The van der Waals surface area contributed by atoms with Gasteiger partial charge in [0.1, 0.15) is 11.6 Å². The maximum Gasteiger partial charge on any atom is 0.296 e. The van der Waals surface area contributed by atoms with Crippen molar-refractivity contribution in [1.82, 2.24) is 19.8 Å². The molecule has 2 N–H and O–H groups in total. The summed E-state index contributed by atoms with van der Waals surface area (Å²) in [7, 11) is 3.36. The maximum atomic E-state index is 13.2. The summed E-state index contributed by atoms with van der Waals surface area (Å²) in [5.74, 6) is -1.53. The summed E-state index contributed by atoms with van der Waals surface area (Å²) in [6, 6.07) is 5.46. The molecule has 1 aliphatic rings. The lowest BCUT2D eigenvalue weighted by Crippen LogP contribution is -2.41. The predicted molar refractivity (Wildman–Crippen MR) is 94.9 cm³/mol. The number of carbonyl (C=O) groups is 1. The number of aromatic nitrogens is 2. The molecule has 1 aromatic carbocycles. The van der Waals surface area contributed by atoms with E-state index < -0.39 is 23.0 Å². The Kier molecular flexibility index (Phi) is 5.52.